The molecule has 0 spiro atoms. The molecule has 2 aromatic heterocycles. The number of benzene rings is 1. The Kier molecular flexibility index (Phi) is 5.81. The van der Waals surface area contributed by atoms with Crippen LogP contribution in [0.3, 0.4) is 0 Å². The molecule has 0 fully saturated rings. The van der Waals surface area contributed by atoms with Gasteiger partial charge in [0.2, 0.25) is 5.91 Å². The van der Waals surface area contributed by atoms with Crippen molar-refractivity contribution in [2.45, 2.75) is 26.8 Å². The number of carbonyl (C=O) groups is 1. The molecule has 0 aliphatic heterocycles. The fourth-order valence-corrected chi connectivity index (χ4v) is 3.96. The van der Waals surface area contributed by atoms with E-state index in [0.29, 0.717) is 11.6 Å². The molecule has 148 valence electrons. The molecule has 0 aliphatic carbocycles. The Hall–Kier alpha value is -2.71. The molecule has 3 aromatic rings. The minimum absolute atomic E-state index is 0.114. The molecule has 2 heterocycles. The first-order valence-corrected chi connectivity index (χ1v) is 9.79. The van der Waals surface area contributed by atoms with Crippen LogP contribution in [0.25, 0.3) is 10.2 Å². The van der Waals surface area contributed by atoms with Gasteiger partial charge in [0.25, 0.3) is 0 Å². The highest BCUT2D eigenvalue weighted by atomic mass is 32.1. The number of fused-ring (bicyclic) bond motifs is 1. The summed E-state index contributed by atoms with van der Waals surface area (Å²) in [5.74, 6) is 1.74. The summed E-state index contributed by atoms with van der Waals surface area (Å²) in [5, 5.41) is 3.81. The Labute approximate surface area is 168 Å². The van der Waals surface area contributed by atoms with E-state index in [2.05, 4.69) is 22.2 Å². The first kappa shape index (κ1) is 20.0. The van der Waals surface area contributed by atoms with Crippen molar-refractivity contribution in [2.24, 2.45) is 0 Å². The van der Waals surface area contributed by atoms with Crippen LogP contribution < -0.4 is 15.8 Å². The number of likely N-dealkylation sites (N-methyl/N-ethyl adjacent to an activating group) is 1. The van der Waals surface area contributed by atoms with Crippen LogP contribution in [0.1, 0.15) is 29.2 Å². The van der Waals surface area contributed by atoms with Gasteiger partial charge in [-0.05, 0) is 57.6 Å². The zero-order valence-electron chi connectivity index (χ0n) is 16.7. The van der Waals surface area contributed by atoms with Gasteiger partial charge in [0.1, 0.15) is 22.2 Å². The van der Waals surface area contributed by atoms with E-state index in [0.717, 1.165) is 27.2 Å². The van der Waals surface area contributed by atoms with Gasteiger partial charge >= 0.3 is 0 Å². The van der Waals surface area contributed by atoms with Crippen molar-refractivity contribution < 1.29 is 9.53 Å². The van der Waals surface area contributed by atoms with Crippen LogP contribution in [0.5, 0.6) is 5.75 Å². The van der Waals surface area contributed by atoms with Crippen LogP contribution in [-0.4, -0.2) is 41.5 Å². The Morgan fingerprint density at radius 1 is 1.29 bits per heavy atom. The number of hydrogen-bond acceptors (Lipinski definition) is 7. The molecule has 1 amide bonds. The molecule has 0 saturated carbocycles. The molecule has 1 aromatic carbocycles. The summed E-state index contributed by atoms with van der Waals surface area (Å²) in [6.45, 7) is 6.26. The van der Waals surface area contributed by atoms with Crippen LogP contribution in [-0.2, 0) is 4.79 Å². The second-order valence-corrected chi connectivity index (χ2v) is 8.00. The zero-order chi connectivity index (χ0) is 20.4. The Bertz CT molecular complexity index is 1000. The normalized spacial score (nSPS) is 12.4. The Morgan fingerprint density at radius 2 is 1.96 bits per heavy atom. The molecule has 3 N–H and O–H groups in total. The predicted molar refractivity (Wildman–Crippen MR) is 114 cm³/mol. The maximum atomic E-state index is 12.4. The molecular formula is C20H25N5O2S. The van der Waals surface area contributed by atoms with Crippen molar-refractivity contribution in [3.8, 4) is 5.75 Å². The molecule has 7 nitrogen and oxygen atoms in total. The highest BCUT2D eigenvalue weighted by Gasteiger charge is 2.20. The second-order valence-electron chi connectivity index (χ2n) is 6.80. The largest absolute Gasteiger partial charge is 0.497 e. The van der Waals surface area contributed by atoms with Crippen molar-refractivity contribution in [3.63, 3.8) is 0 Å². The van der Waals surface area contributed by atoms with E-state index in [1.54, 1.807) is 42.7 Å². The first-order valence-electron chi connectivity index (χ1n) is 8.97. The van der Waals surface area contributed by atoms with Crippen LogP contribution in [0, 0.1) is 13.8 Å². The third-order valence-corrected chi connectivity index (χ3v) is 5.98. The number of nitrogens with zero attached hydrogens (tertiary/aromatic N) is 3. The number of hydrogen-bond donors (Lipinski definition) is 2. The van der Waals surface area contributed by atoms with Crippen LogP contribution >= 0.6 is 11.3 Å². The number of thiophene rings is 1. The molecule has 0 bridgehead atoms. The highest BCUT2D eigenvalue weighted by molar-refractivity contribution is 7.18. The second kappa shape index (κ2) is 8.12. The number of methoxy groups -OCH3 is 1. The number of aromatic nitrogens is 2. The fourth-order valence-electron chi connectivity index (χ4n) is 2.92. The maximum absolute atomic E-state index is 12.4. The number of aryl methyl sites for hydroxylation is 2. The average molecular weight is 400 g/mol. The summed E-state index contributed by atoms with van der Waals surface area (Å²) in [6, 6.07) is 7.06. The number of anilines is 2. The Balaban J connectivity index is 1.70. The van der Waals surface area contributed by atoms with Gasteiger partial charge in [-0.15, -0.1) is 11.3 Å². The van der Waals surface area contributed by atoms with Gasteiger partial charge in [-0.1, -0.05) is 0 Å². The molecule has 0 radical (unpaired) electrons. The molecule has 1 atom stereocenters. The van der Waals surface area contributed by atoms with E-state index in [4.69, 9.17) is 10.5 Å². The fraction of sp³-hybridized carbons (Fsp3) is 0.350. The predicted octanol–water partition coefficient (Wildman–Crippen LogP) is 3.53. The SMILES string of the molecule is COc1ccc(NC(=O)CN(C)C(C)c2nc(N)c3c(C)c(C)sc3n2)cc1. The van der Waals surface area contributed by atoms with Crippen LogP contribution in [0.4, 0.5) is 11.5 Å². The summed E-state index contributed by atoms with van der Waals surface area (Å²) in [4.78, 5) is 25.5. The lowest BCUT2D eigenvalue weighted by Crippen LogP contribution is -2.33. The van der Waals surface area contributed by atoms with Gasteiger partial charge < -0.3 is 15.8 Å². The number of rotatable bonds is 6. The van der Waals surface area contributed by atoms with Crippen molar-refractivity contribution in [1.29, 1.82) is 0 Å². The average Bonchev–Trinajstić information content (AvgIpc) is 2.95. The zero-order valence-corrected chi connectivity index (χ0v) is 17.6. The quantitative estimate of drug-likeness (QED) is 0.659. The number of carbonyl (C=O) groups excluding carboxylic acids is 1. The number of nitrogens with two attached hydrogens (primary N) is 1. The van der Waals surface area contributed by atoms with Crippen molar-refractivity contribution in [1.82, 2.24) is 14.9 Å². The minimum Gasteiger partial charge on any atom is -0.497 e. The van der Waals surface area contributed by atoms with E-state index in [9.17, 15) is 4.79 Å². The van der Waals surface area contributed by atoms with Crippen molar-refractivity contribution in [2.75, 3.05) is 31.8 Å². The van der Waals surface area contributed by atoms with E-state index in [1.165, 1.54) is 4.88 Å². The molecule has 8 heteroatoms. The Morgan fingerprint density at radius 3 is 2.61 bits per heavy atom. The topological polar surface area (TPSA) is 93.4 Å². The van der Waals surface area contributed by atoms with Crippen molar-refractivity contribution >= 4 is 39.0 Å². The summed E-state index contributed by atoms with van der Waals surface area (Å²) >= 11 is 1.62. The maximum Gasteiger partial charge on any atom is 0.238 e. The minimum atomic E-state index is -0.156. The summed E-state index contributed by atoms with van der Waals surface area (Å²) in [7, 11) is 3.47. The third-order valence-electron chi connectivity index (χ3n) is 4.88. The lowest BCUT2D eigenvalue weighted by Gasteiger charge is -2.23. The monoisotopic (exact) mass is 399 g/mol. The van der Waals surface area contributed by atoms with Gasteiger partial charge in [-0.3, -0.25) is 9.69 Å². The standard InChI is InChI=1S/C20H25N5O2S/c1-11-13(3)28-20-17(11)18(21)23-19(24-20)12(2)25(4)10-16(26)22-14-6-8-15(27-5)9-7-14/h6-9,12H,10H2,1-5H3,(H,22,26)(H2,21,23,24). The molecule has 0 saturated heterocycles. The third kappa shape index (κ3) is 4.07. The van der Waals surface area contributed by atoms with Gasteiger partial charge in [0, 0.05) is 10.6 Å². The van der Waals surface area contributed by atoms with Crippen molar-refractivity contribution in [3.05, 3.63) is 40.5 Å². The van der Waals surface area contributed by atoms with Gasteiger partial charge in [-0.25, -0.2) is 9.97 Å². The van der Waals surface area contributed by atoms with Gasteiger partial charge in [-0.2, -0.15) is 0 Å². The lowest BCUT2D eigenvalue weighted by molar-refractivity contribution is -0.117. The van der Waals surface area contributed by atoms with Crippen LogP contribution in [0.15, 0.2) is 24.3 Å². The van der Waals surface area contributed by atoms with E-state index in [1.807, 2.05) is 25.8 Å². The van der Waals surface area contributed by atoms with E-state index < -0.39 is 0 Å². The highest BCUT2D eigenvalue weighted by Crippen LogP contribution is 2.33. The summed E-state index contributed by atoms with van der Waals surface area (Å²) in [6.07, 6.45) is 0. The van der Waals surface area contributed by atoms with Gasteiger partial charge in [0.15, 0.2) is 0 Å². The van der Waals surface area contributed by atoms with Crippen LogP contribution in [0.2, 0.25) is 0 Å². The lowest BCUT2D eigenvalue weighted by atomic mass is 10.2. The number of nitrogens with one attached hydrogen (secondary N) is 1. The first-order chi connectivity index (χ1) is 13.3. The number of nitrogen functional groups attached to an aromatic ring is 1. The molecule has 28 heavy (non-hydrogen) atoms. The number of amides is 1. The molecule has 0 aliphatic rings. The molecular weight excluding hydrogens is 374 g/mol. The summed E-state index contributed by atoms with van der Waals surface area (Å²) in [5.41, 5.74) is 8.03. The molecule has 1 unspecified atom stereocenters. The smallest absolute Gasteiger partial charge is 0.238 e. The van der Waals surface area contributed by atoms with E-state index in [-0.39, 0.29) is 18.5 Å². The number of ether oxygens (including phenoxy) is 1. The van der Waals surface area contributed by atoms with E-state index >= 15 is 0 Å². The molecule has 3 rings (SSSR count). The van der Waals surface area contributed by atoms with Gasteiger partial charge in [0.05, 0.1) is 25.1 Å². The summed E-state index contributed by atoms with van der Waals surface area (Å²) < 4.78 is 5.12.